The minimum atomic E-state index is -0.530. The third kappa shape index (κ3) is 4.38. The van der Waals surface area contributed by atoms with Crippen LogP contribution in [-0.4, -0.2) is 28.7 Å². The smallest absolute Gasteiger partial charge is 0.319 e. The van der Waals surface area contributed by atoms with Crippen molar-refractivity contribution in [3.05, 3.63) is 34.4 Å². The number of nitro benzene ring substituents is 1. The van der Waals surface area contributed by atoms with Gasteiger partial charge < -0.3 is 15.7 Å². The van der Waals surface area contributed by atoms with Gasteiger partial charge in [0, 0.05) is 30.5 Å². The number of hydrogen-bond donors (Lipinski definition) is 3. The van der Waals surface area contributed by atoms with Crippen molar-refractivity contribution in [1.82, 2.24) is 5.32 Å². The Morgan fingerprint density at radius 1 is 1.56 bits per heavy atom. The number of benzene rings is 1. The van der Waals surface area contributed by atoms with Crippen LogP contribution in [0.1, 0.15) is 13.3 Å². The molecule has 1 aromatic rings. The third-order valence-electron chi connectivity index (χ3n) is 2.25. The van der Waals surface area contributed by atoms with Crippen LogP contribution in [0, 0.1) is 10.1 Å². The van der Waals surface area contributed by atoms with E-state index in [4.69, 9.17) is 5.11 Å². The molecule has 7 nitrogen and oxygen atoms in total. The molecule has 98 valence electrons. The molecular formula is C11H15N3O4. The third-order valence-corrected chi connectivity index (χ3v) is 2.25. The number of non-ortho nitro benzene ring substituents is 1. The van der Waals surface area contributed by atoms with Crippen molar-refractivity contribution in [3.63, 3.8) is 0 Å². The van der Waals surface area contributed by atoms with Crippen LogP contribution in [0.4, 0.5) is 16.2 Å². The maximum Gasteiger partial charge on any atom is 0.319 e. The Labute approximate surface area is 104 Å². The van der Waals surface area contributed by atoms with Crippen LogP contribution in [-0.2, 0) is 0 Å². The first-order valence-electron chi connectivity index (χ1n) is 5.45. The van der Waals surface area contributed by atoms with Gasteiger partial charge in [-0.3, -0.25) is 10.1 Å². The molecule has 1 atom stereocenters. The van der Waals surface area contributed by atoms with Gasteiger partial charge in [-0.2, -0.15) is 0 Å². The van der Waals surface area contributed by atoms with Crippen LogP contribution < -0.4 is 10.6 Å². The van der Waals surface area contributed by atoms with E-state index >= 15 is 0 Å². The Bertz CT molecular complexity index is 436. The second-order valence-electron chi connectivity index (χ2n) is 3.82. The average molecular weight is 253 g/mol. The topological polar surface area (TPSA) is 104 Å². The number of aliphatic hydroxyl groups is 1. The Hall–Kier alpha value is -2.15. The maximum absolute atomic E-state index is 11.5. The molecule has 1 rings (SSSR count). The van der Waals surface area contributed by atoms with Crippen molar-refractivity contribution in [2.45, 2.75) is 19.4 Å². The molecule has 0 bridgehead atoms. The number of anilines is 1. The number of rotatable bonds is 5. The Morgan fingerprint density at radius 3 is 2.89 bits per heavy atom. The molecule has 0 fully saturated rings. The molecule has 0 saturated carbocycles. The number of carbonyl (C=O) groups is 1. The summed E-state index contributed by atoms with van der Waals surface area (Å²) in [4.78, 5) is 21.5. The van der Waals surface area contributed by atoms with Gasteiger partial charge in [0.2, 0.25) is 0 Å². The van der Waals surface area contributed by atoms with Crippen LogP contribution in [0.25, 0.3) is 0 Å². The summed E-state index contributed by atoms with van der Waals surface area (Å²) in [5, 5.41) is 24.3. The van der Waals surface area contributed by atoms with E-state index in [0.717, 1.165) is 0 Å². The second-order valence-corrected chi connectivity index (χ2v) is 3.82. The van der Waals surface area contributed by atoms with Crippen molar-refractivity contribution in [2.24, 2.45) is 0 Å². The molecule has 3 N–H and O–H groups in total. The van der Waals surface area contributed by atoms with Gasteiger partial charge in [-0.05, 0) is 19.4 Å². The highest BCUT2D eigenvalue weighted by Crippen LogP contribution is 2.16. The number of carbonyl (C=O) groups excluding carboxylic acids is 1. The van der Waals surface area contributed by atoms with E-state index < -0.39 is 11.0 Å². The quantitative estimate of drug-likeness (QED) is 0.546. The number of aliphatic hydroxyl groups excluding tert-OH is 1. The fourth-order valence-corrected chi connectivity index (χ4v) is 1.35. The normalized spacial score (nSPS) is 11.7. The molecule has 0 heterocycles. The van der Waals surface area contributed by atoms with Crippen LogP contribution >= 0.6 is 0 Å². The highest BCUT2D eigenvalue weighted by molar-refractivity contribution is 5.89. The zero-order chi connectivity index (χ0) is 13.5. The van der Waals surface area contributed by atoms with Gasteiger partial charge in [0.15, 0.2) is 0 Å². The largest absolute Gasteiger partial charge is 0.396 e. The van der Waals surface area contributed by atoms with Gasteiger partial charge in [-0.1, -0.05) is 6.07 Å². The van der Waals surface area contributed by atoms with Crippen LogP contribution in [0.5, 0.6) is 0 Å². The van der Waals surface area contributed by atoms with Gasteiger partial charge in [-0.15, -0.1) is 0 Å². The number of urea groups is 1. The standard InChI is InChI=1S/C11H15N3O4/c1-8(5-6-15)12-11(16)13-9-3-2-4-10(7-9)14(17)18/h2-4,7-8,15H,5-6H2,1H3,(H2,12,13,16). The van der Waals surface area contributed by atoms with Gasteiger partial charge in [-0.25, -0.2) is 4.79 Å². The molecule has 1 aromatic carbocycles. The second kappa shape index (κ2) is 6.55. The zero-order valence-corrected chi connectivity index (χ0v) is 9.92. The minimum absolute atomic E-state index is 0.0156. The SMILES string of the molecule is CC(CCO)NC(=O)Nc1cccc([N+](=O)[O-])c1. The number of nitro groups is 1. The highest BCUT2D eigenvalue weighted by Gasteiger charge is 2.09. The number of amides is 2. The molecule has 0 aliphatic carbocycles. The first kappa shape index (κ1) is 13.9. The van der Waals surface area contributed by atoms with E-state index in [9.17, 15) is 14.9 Å². The average Bonchev–Trinajstić information content (AvgIpc) is 2.29. The lowest BCUT2D eigenvalue weighted by Crippen LogP contribution is -2.36. The molecule has 7 heteroatoms. The molecule has 1 unspecified atom stereocenters. The number of nitrogens with one attached hydrogen (secondary N) is 2. The van der Waals surface area contributed by atoms with E-state index in [-0.39, 0.29) is 18.3 Å². The van der Waals surface area contributed by atoms with Crippen molar-refractivity contribution < 1.29 is 14.8 Å². The van der Waals surface area contributed by atoms with Crippen molar-refractivity contribution in [1.29, 1.82) is 0 Å². The highest BCUT2D eigenvalue weighted by atomic mass is 16.6. The van der Waals surface area contributed by atoms with Crippen molar-refractivity contribution in [3.8, 4) is 0 Å². The molecule has 0 saturated heterocycles. The van der Waals surface area contributed by atoms with Crippen LogP contribution in [0.3, 0.4) is 0 Å². The first-order valence-corrected chi connectivity index (χ1v) is 5.45. The molecule has 0 aliphatic rings. The molecule has 0 spiro atoms. The lowest BCUT2D eigenvalue weighted by atomic mass is 10.2. The molecule has 0 aromatic heterocycles. The summed E-state index contributed by atoms with van der Waals surface area (Å²) < 4.78 is 0. The predicted molar refractivity (Wildman–Crippen MR) is 66.4 cm³/mol. The monoisotopic (exact) mass is 253 g/mol. The van der Waals surface area contributed by atoms with Gasteiger partial charge in [0.1, 0.15) is 0 Å². The van der Waals surface area contributed by atoms with Gasteiger partial charge in [0.05, 0.1) is 4.92 Å². The predicted octanol–water partition coefficient (Wildman–Crippen LogP) is 1.49. The Morgan fingerprint density at radius 2 is 2.28 bits per heavy atom. The summed E-state index contributed by atoms with van der Waals surface area (Å²) >= 11 is 0. The summed E-state index contributed by atoms with van der Waals surface area (Å²) in [6.07, 6.45) is 0.447. The van der Waals surface area contributed by atoms with E-state index in [1.165, 1.54) is 18.2 Å². The summed E-state index contributed by atoms with van der Waals surface area (Å²) in [5.41, 5.74) is 0.258. The van der Waals surface area contributed by atoms with Crippen molar-refractivity contribution in [2.75, 3.05) is 11.9 Å². The van der Waals surface area contributed by atoms with Gasteiger partial charge >= 0.3 is 6.03 Å². The molecular weight excluding hydrogens is 238 g/mol. The molecule has 0 aliphatic heterocycles. The molecule has 0 radical (unpaired) electrons. The number of hydrogen-bond acceptors (Lipinski definition) is 4. The number of nitrogens with zero attached hydrogens (tertiary/aromatic N) is 1. The fraction of sp³-hybridized carbons (Fsp3) is 0.364. The molecule has 2 amide bonds. The zero-order valence-electron chi connectivity index (χ0n) is 9.92. The fourth-order valence-electron chi connectivity index (χ4n) is 1.35. The van der Waals surface area contributed by atoms with Crippen molar-refractivity contribution >= 4 is 17.4 Å². The minimum Gasteiger partial charge on any atom is -0.396 e. The Balaban J connectivity index is 2.59. The van der Waals surface area contributed by atoms with Crippen LogP contribution in [0.2, 0.25) is 0 Å². The van der Waals surface area contributed by atoms with Gasteiger partial charge in [0.25, 0.3) is 5.69 Å². The maximum atomic E-state index is 11.5. The van der Waals surface area contributed by atoms with E-state index in [1.54, 1.807) is 13.0 Å². The van der Waals surface area contributed by atoms with E-state index in [2.05, 4.69) is 10.6 Å². The lowest BCUT2D eigenvalue weighted by Gasteiger charge is -2.13. The Kier molecular flexibility index (Phi) is 5.06. The first-order chi connectivity index (χ1) is 8.52. The summed E-state index contributed by atoms with van der Waals surface area (Å²) in [6.45, 7) is 1.74. The molecule has 18 heavy (non-hydrogen) atoms. The van der Waals surface area contributed by atoms with E-state index in [0.29, 0.717) is 12.1 Å². The van der Waals surface area contributed by atoms with E-state index in [1.807, 2.05) is 0 Å². The van der Waals surface area contributed by atoms with Crippen LogP contribution in [0.15, 0.2) is 24.3 Å². The lowest BCUT2D eigenvalue weighted by molar-refractivity contribution is -0.384. The summed E-state index contributed by atoms with van der Waals surface area (Å²) in [5.74, 6) is 0. The summed E-state index contributed by atoms with van der Waals surface area (Å²) in [6, 6.07) is 5.03. The summed E-state index contributed by atoms with van der Waals surface area (Å²) in [7, 11) is 0.